The van der Waals surface area contributed by atoms with E-state index >= 15 is 0 Å². The molecule has 6 nitrogen and oxygen atoms in total. The summed E-state index contributed by atoms with van der Waals surface area (Å²) in [6.07, 6.45) is 1.23. The molecule has 0 radical (unpaired) electrons. The third-order valence-electron chi connectivity index (χ3n) is 2.48. The second-order valence-electron chi connectivity index (χ2n) is 3.57. The Balaban J connectivity index is 3.04. The highest BCUT2D eigenvalue weighted by Gasteiger charge is 2.26. The molecule has 0 aliphatic heterocycles. The van der Waals surface area contributed by atoms with Gasteiger partial charge in [0.25, 0.3) is 5.69 Å². The number of benzene rings is 1. The molecule has 0 spiro atoms. The van der Waals surface area contributed by atoms with Crippen LogP contribution < -0.4 is 0 Å². The smallest absolute Gasteiger partial charge is 0.258 e. The Hall–Kier alpha value is -2.35. The van der Waals surface area contributed by atoms with Gasteiger partial charge in [0.1, 0.15) is 4.90 Å². The number of hydrogen-bond donors (Lipinski definition) is 0. The van der Waals surface area contributed by atoms with Gasteiger partial charge in [0.05, 0.1) is 21.9 Å². The predicted molar refractivity (Wildman–Crippen MR) is 65.7 cm³/mol. The molecule has 8 heteroatoms. The van der Waals surface area contributed by atoms with Gasteiger partial charge >= 0.3 is 0 Å². The number of nitro benzene ring substituents is 1. The van der Waals surface area contributed by atoms with Crippen molar-refractivity contribution in [1.82, 2.24) is 4.98 Å². The van der Waals surface area contributed by atoms with Gasteiger partial charge in [0.2, 0.25) is 9.84 Å². The van der Waals surface area contributed by atoms with Gasteiger partial charge in [-0.25, -0.2) is 12.8 Å². The molecule has 19 heavy (non-hydrogen) atoms. The van der Waals surface area contributed by atoms with E-state index in [-0.39, 0.29) is 10.9 Å². The van der Waals surface area contributed by atoms with Gasteiger partial charge in [-0.3, -0.25) is 15.1 Å². The maximum Gasteiger partial charge on any atom is 0.281 e. The van der Waals surface area contributed by atoms with E-state index in [2.05, 4.69) is 11.6 Å². The molecule has 2 rings (SSSR count). The van der Waals surface area contributed by atoms with Gasteiger partial charge in [0.15, 0.2) is 5.82 Å². The largest absolute Gasteiger partial charge is 0.281 e. The summed E-state index contributed by atoms with van der Waals surface area (Å²) in [5.74, 6) is -1.22. The Morgan fingerprint density at radius 3 is 2.74 bits per heavy atom. The van der Waals surface area contributed by atoms with Crippen LogP contribution in [-0.4, -0.2) is 18.3 Å². The highest BCUT2D eigenvalue weighted by molar-refractivity contribution is 7.94. The summed E-state index contributed by atoms with van der Waals surface area (Å²) in [4.78, 5) is 13.1. The van der Waals surface area contributed by atoms with Crippen molar-refractivity contribution in [2.75, 3.05) is 0 Å². The Morgan fingerprint density at radius 2 is 2.16 bits per heavy atom. The Labute approximate surface area is 107 Å². The average Bonchev–Trinajstić information content (AvgIpc) is 2.37. The molecule has 1 aromatic carbocycles. The highest BCUT2D eigenvalue weighted by atomic mass is 32.2. The van der Waals surface area contributed by atoms with Crippen molar-refractivity contribution in [2.45, 2.75) is 4.90 Å². The molecule has 1 aromatic heterocycles. The number of sulfone groups is 1. The number of nitro groups is 1. The summed E-state index contributed by atoms with van der Waals surface area (Å²) in [6, 6.07) is 3.28. The zero-order valence-corrected chi connectivity index (χ0v) is 10.2. The minimum atomic E-state index is -4.09. The average molecular weight is 282 g/mol. The molecule has 0 saturated carbocycles. The van der Waals surface area contributed by atoms with Crippen molar-refractivity contribution >= 4 is 26.4 Å². The standard InChI is InChI=1S/C11H7FN2O4S/c1-2-19(17,18)11-8(12)6-9(14(15)16)7-4-3-5-13-10(7)11/h2-6H,1H2. The Bertz CT molecular complexity index is 802. The molecular weight excluding hydrogens is 275 g/mol. The topological polar surface area (TPSA) is 90.2 Å². The number of nitrogens with zero attached hydrogens (tertiary/aromatic N) is 2. The second-order valence-corrected chi connectivity index (χ2v) is 5.41. The number of fused-ring (bicyclic) bond motifs is 1. The van der Waals surface area contributed by atoms with E-state index in [4.69, 9.17) is 0 Å². The van der Waals surface area contributed by atoms with Crippen molar-refractivity contribution in [3.8, 4) is 0 Å². The van der Waals surface area contributed by atoms with E-state index in [9.17, 15) is 22.9 Å². The lowest BCUT2D eigenvalue weighted by atomic mass is 10.2. The van der Waals surface area contributed by atoms with Crippen molar-refractivity contribution in [1.29, 1.82) is 0 Å². The van der Waals surface area contributed by atoms with Crippen molar-refractivity contribution in [3.05, 3.63) is 52.3 Å². The van der Waals surface area contributed by atoms with Gasteiger partial charge in [0, 0.05) is 11.6 Å². The van der Waals surface area contributed by atoms with Gasteiger partial charge in [-0.05, 0) is 12.1 Å². The van der Waals surface area contributed by atoms with Crippen LogP contribution >= 0.6 is 0 Å². The number of aromatic nitrogens is 1. The molecule has 0 amide bonds. The van der Waals surface area contributed by atoms with Gasteiger partial charge in [-0.2, -0.15) is 0 Å². The Kier molecular flexibility index (Phi) is 3.03. The molecule has 0 aliphatic rings. The van der Waals surface area contributed by atoms with Crippen LogP contribution in [0, 0.1) is 15.9 Å². The van der Waals surface area contributed by atoms with Crippen molar-refractivity contribution in [2.24, 2.45) is 0 Å². The summed E-state index contributed by atoms with van der Waals surface area (Å²) in [6.45, 7) is 3.10. The summed E-state index contributed by atoms with van der Waals surface area (Å²) < 4.78 is 37.3. The summed E-state index contributed by atoms with van der Waals surface area (Å²) in [5.41, 5.74) is -0.822. The molecule has 0 aliphatic carbocycles. The lowest BCUT2D eigenvalue weighted by Crippen LogP contribution is -2.04. The van der Waals surface area contributed by atoms with Gasteiger partial charge in [-0.15, -0.1) is 0 Å². The first-order chi connectivity index (χ1) is 8.88. The summed E-state index contributed by atoms with van der Waals surface area (Å²) >= 11 is 0. The maximum absolute atomic E-state index is 13.9. The van der Waals surface area contributed by atoms with Crippen LogP contribution in [0.25, 0.3) is 10.9 Å². The molecule has 0 atom stereocenters. The molecule has 1 heterocycles. The molecule has 0 unspecified atom stereocenters. The van der Waals surface area contributed by atoms with E-state index in [0.717, 1.165) is 0 Å². The quantitative estimate of drug-likeness (QED) is 0.635. The molecule has 0 fully saturated rings. The third-order valence-corrected chi connectivity index (χ3v) is 3.88. The fourth-order valence-electron chi connectivity index (χ4n) is 1.67. The zero-order valence-electron chi connectivity index (χ0n) is 9.41. The van der Waals surface area contributed by atoms with E-state index < -0.39 is 31.2 Å². The first-order valence-electron chi connectivity index (χ1n) is 4.97. The lowest BCUT2D eigenvalue weighted by molar-refractivity contribution is -0.383. The number of non-ortho nitro benzene ring substituents is 1. The van der Waals surface area contributed by atoms with Crippen LogP contribution in [0.15, 0.2) is 41.3 Å². The van der Waals surface area contributed by atoms with Gasteiger partial charge < -0.3 is 0 Å². The van der Waals surface area contributed by atoms with E-state index in [1.807, 2.05) is 0 Å². The SMILES string of the molecule is C=CS(=O)(=O)c1c(F)cc([N+](=O)[O-])c2cccnc12. The fourth-order valence-corrected chi connectivity index (χ4v) is 2.60. The molecule has 0 N–H and O–H groups in total. The van der Waals surface area contributed by atoms with Crippen LogP contribution in [0.1, 0.15) is 0 Å². The number of pyridine rings is 1. The summed E-state index contributed by atoms with van der Waals surface area (Å²) in [7, 11) is -4.09. The first-order valence-corrected chi connectivity index (χ1v) is 6.52. The third kappa shape index (κ3) is 2.06. The van der Waals surface area contributed by atoms with E-state index in [0.29, 0.717) is 11.5 Å². The normalized spacial score (nSPS) is 11.4. The lowest BCUT2D eigenvalue weighted by Gasteiger charge is -2.06. The molecule has 0 bridgehead atoms. The van der Waals surface area contributed by atoms with E-state index in [1.54, 1.807) is 0 Å². The minimum absolute atomic E-state index is 0.0469. The van der Waals surface area contributed by atoms with E-state index in [1.165, 1.54) is 18.3 Å². The summed E-state index contributed by atoms with van der Waals surface area (Å²) in [5, 5.41) is 11.4. The first kappa shape index (κ1) is 13.1. The minimum Gasteiger partial charge on any atom is -0.258 e. The highest BCUT2D eigenvalue weighted by Crippen LogP contribution is 2.32. The van der Waals surface area contributed by atoms with Crippen LogP contribution in [0.4, 0.5) is 10.1 Å². The molecule has 0 saturated heterocycles. The van der Waals surface area contributed by atoms with Crippen molar-refractivity contribution < 1.29 is 17.7 Å². The Morgan fingerprint density at radius 1 is 1.47 bits per heavy atom. The molecule has 2 aromatic rings. The molecule has 98 valence electrons. The zero-order chi connectivity index (χ0) is 14.2. The monoisotopic (exact) mass is 282 g/mol. The predicted octanol–water partition coefficient (Wildman–Crippen LogP) is 2.20. The molecular formula is C11H7FN2O4S. The van der Waals surface area contributed by atoms with Crippen LogP contribution in [0.2, 0.25) is 0 Å². The second kappa shape index (κ2) is 4.39. The fraction of sp³-hybridized carbons (Fsp3) is 0. The number of rotatable bonds is 3. The van der Waals surface area contributed by atoms with Crippen LogP contribution in [0.5, 0.6) is 0 Å². The van der Waals surface area contributed by atoms with Crippen LogP contribution in [-0.2, 0) is 9.84 Å². The maximum atomic E-state index is 13.9. The number of halogens is 1. The van der Waals surface area contributed by atoms with Gasteiger partial charge in [-0.1, -0.05) is 6.58 Å². The van der Waals surface area contributed by atoms with Crippen molar-refractivity contribution in [3.63, 3.8) is 0 Å². The number of hydrogen-bond acceptors (Lipinski definition) is 5. The van der Waals surface area contributed by atoms with Crippen LogP contribution in [0.3, 0.4) is 0 Å².